The summed E-state index contributed by atoms with van der Waals surface area (Å²) in [5.41, 5.74) is 12.6. The van der Waals surface area contributed by atoms with Crippen LogP contribution in [-0.2, 0) is 20.8 Å². The molecule has 0 heterocycles. The van der Waals surface area contributed by atoms with Crippen LogP contribution < -0.4 is 0 Å². The number of benzene rings is 3. The molecule has 0 unspecified atom stereocenters. The van der Waals surface area contributed by atoms with Crippen molar-refractivity contribution in [1.82, 2.24) is 0 Å². The number of fused-ring (bicyclic) bond motifs is 2. The minimum absolute atomic E-state index is 0.617. The fourth-order valence-corrected chi connectivity index (χ4v) is 4.91. The second-order valence-corrected chi connectivity index (χ2v) is 15.2. The Morgan fingerprint density at radius 2 is 1.26 bits per heavy atom. The Morgan fingerprint density at radius 3 is 1.82 bits per heavy atom. The van der Waals surface area contributed by atoms with Gasteiger partial charge in [-0.25, -0.2) is 0 Å². The molecule has 0 saturated heterocycles. The van der Waals surface area contributed by atoms with E-state index in [1.165, 1.54) is 71.6 Å². The molecule has 0 spiro atoms. The molecule has 0 amide bonds. The number of halogens is 2. The molecule has 0 atom stereocenters. The third kappa shape index (κ3) is 8.53. The van der Waals surface area contributed by atoms with Gasteiger partial charge in [0.1, 0.15) is 0 Å². The first-order valence-corrected chi connectivity index (χ1v) is 21.8. The summed E-state index contributed by atoms with van der Waals surface area (Å²) in [6, 6.07) is 24.3. The van der Waals surface area contributed by atoms with Crippen molar-refractivity contribution in [2.75, 3.05) is 0 Å². The molecule has 0 aliphatic heterocycles. The second-order valence-electron chi connectivity index (χ2n) is 10.5. The van der Waals surface area contributed by atoms with E-state index in [0.717, 1.165) is 9.52 Å². The van der Waals surface area contributed by atoms with Gasteiger partial charge in [0, 0.05) is 9.52 Å². The molecule has 4 heteroatoms. The van der Waals surface area contributed by atoms with Crippen LogP contribution in [0.25, 0.3) is 32.7 Å². The fourth-order valence-electron chi connectivity index (χ4n) is 4.91. The van der Waals surface area contributed by atoms with Crippen molar-refractivity contribution >= 4 is 48.1 Å². The van der Waals surface area contributed by atoms with Crippen LogP contribution in [0.1, 0.15) is 58.7 Å². The van der Waals surface area contributed by atoms with Crippen LogP contribution >= 0.6 is 17.0 Å². The van der Waals surface area contributed by atoms with Crippen molar-refractivity contribution in [1.29, 1.82) is 0 Å². The quantitative estimate of drug-likeness (QED) is 0.131. The SMILES string of the molecule is C[Si]C.Cc1c(C)c(C)c2[cH-]c(C(C)C)cc2c1C.Cc1cc2c(-c3ccccc3)ccc(C)c2[cH-]1.[Cl][Zr+2][Cl]. The summed E-state index contributed by atoms with van der Waals surface area (Å²) in [6.45, 7) is 22.1. The summed E-state index contributed by atoms with van der Waals surface area (Å²) >= 11 is -0.826. The monoisotopic (exact) mass is 650 g/mol. The minimum atomic E-state index is -0.826. The Morgan fingerprint density at radius 1 is 0.692 bits per heavy atom. The number of rotatable bonds is 2. The van der Waals surface area contributed by atoms with Crippen molar-refractivity contribution < 1.29 is 20.8 Å². The van der Waals surface area contributed by atoms with Crippen LogP contribution in [0.15, 0.2) is 66.7 Å². The zero-order chi connectivity index (χ0) is 29.3. The fraction of sp³-hybridized carbons (Fsp3) is 0.314. The van der Waals surface area contributed by atoms with Crippen LogP contribution in [0.3, 0.4) is 0 Å². The molecule has 0 saturated carbocycles. The van der Waals surface area contributed by atoms with Crippen molar-refractivity contribution in [3.05, 3.63) is 106 Å². The molecule has 0 nitrogen and oxygen atoms in total. The van der Waals surface area contributed by atoms with Crippen molar-refractivity contribution in [3.8, 4) is 11.1 Å². The van der Waals surface area contributed by atoms with E-state index < -0.39 is 20.8 Å². The maximum absolute atomic E-state index is 4.93. The van der Waals surface area contributed by atoms with E-state index in [9.17, 15) is 0 Å². The molecule has 5 aromatic rings. The van der Waals surface area contributed by atoms with E-state index in [1.807, 2.05) is 0 Å². The van der Waals surface area contributed by atoms with Gasteiger partial charge in [0.15, 0.2) is 0 Å². The number of hydrogen-bond donors (Lipinski definition) is 0. The summed E-state index contributed by atoms with van der Waals surface area (Å²) < 4.78 is 0. The van der Waals surface area contributed by atoms with Crippen LogP contribution in [0.2, 0.25) is 13.1 Å². The summed E-state index contributed by atoms with van der Waals surface area (Å²) in [6.07, 6.45) is 0. The zero-order valence-corrected chi connectivity index (χ0v) is 30.2. The van der Waals surface area contributed by atoms with Crippen LogP contribution in [-0.4, -0.2) is 9.52 Å². The Labute approximate surface area is 258 Å². The number of aryl methyl sites for hydroxylation is 4. The van der Waals surface area contributed by atoms with Crippen molar-refractivity contribution in [3.63, 3.8) is 0 Å². The summed E-state index contributed by atoms with van der Waals surface area (Å²) in [5, 5.41) is 5.64. The normalized spacial score (nSPS) is 10.3. The van der Waals surface area contributed by atoms with E-state index in [2.05, 4.69) is 135 Å². The molecule has 0 aliphatic carbocycles. The van der Waals surface area contributed by atoms with Crippen LogP contribution in [0.4, 0.5) is 0 Å². The van der Waals surface area contributed by atoms with Crippen molar-refractivity contribution in [2.24, 2.45) is 0 Å². The van der Waals surface area contributed by atoms with Gasteiger partial charge in [0.25, 0.3) is 0 Å². The van der Waals surface area contributed by atoms with Gasteiger partial charge in [-0.15, -0.1) is 62.0 Å². The number of hydrogen-bond acceptors (Lipinski definition) is 0. The first kappa shape index (κ1) is 33.8. The van der Waals surface area contributed by atoms with Gasteiger partial charge >= 0.3 is 37.9 Å². The van der Waals surface area contributed by atoms with Crippen molar-refractivity contribution in [2.45, 2.75) is 74.4 Å². The van der Waals surface area contributed by atoms with Gasteiger partial charge < -0.3 is 0 Å². The summed E-state index contributed by atoms with van der Waals surface area (Å²) in [5.74, 6) is 0.617. The Kier molecular flexibility index (Phi) is 14.0. The van der Waals surface area contributed by atoms with Gasteiger partial charge in [-0.05, 0) is 32.3 Å². The molecule has 0 N–H and O–H groups in total. The van der Waals surface area contributed by atoms with Gasteiger partial charge in [-0.2, -0.15) is 12.1 Å². The Hall–Kier alpha value is -1.44. The van der Waals surface area contributed by atoms with E-state index in [-0.39, 0.29) is 0 Å². The summed E-state index contributed by atoms with van der Waals surface area (Å²) in [7, 11) is 11.0. The molecule has 5 aromatic carbocycles. The third-order valence-electron chi connectivity index (χ3n) is 7.41. The standard InChI is InChI=1S/C17H15.C16H21.C2H6Si.2ClH.Zr/c1-12-10-16-13(2)8-9-15(17(16)11-12)14-6-4-3-5-7-14;1-9(2)14-7-15-12(5)10(3)11(4)13(6)16(15)8-14;1-3-2;;;/h3-11H,1-2H3;7-9H,1-6H3;1-2H3;2*1H;/q2*-1;;;;+4/p-2. The van der Waals surface area contributed by atoms with Gasteiger partial charge in [0.2, 0.25) is 0 Å². The maximum atomic E-state index is 4.93. The third-order valence-corrected chi connectivity index (χ3v) is 7.41. The van der Waals surface area contributed by atoms with Gasteiger partial charge in [0.05, 0.1) is 0 Å². The molecule has 39 heavy (non-hydrogen) atoms. The molecular formula is C35H42Cl2SiZr. The van der Waals surface area contributed by atoms with Gasteiger partial charge in [-0.3, -0.25) is 0 Å². The summed E-state index contributed by atoms with van der Waals surface area (Å²) in [4.78, 5) is 0. The molecule has 204 valence electrons. The van der Waals surface area contributed by atoms with E-state index in [1.54, 1.807) is 0 Å². The van der Waals surface area contributed by atoms with Gasteiger partial charge in [-0.1, -0.05) is 106 Å². The average Bonchev–Trinajstić information content (AvgIpc) is 3.53. The Bertz CT molecular complexity index is 1430. The zero-order valence-electron chi connectivity index (χ0n) is 25.2. The van der Waals surface area contributed by atoms with E-state index in [0.29, 0.717) is 5.92 Å². The molecule has 2 radical (unpaired) electrons. The molecular weight excluding hydrogens is 611 g/mol. The molecule has 0 fully saturated rings. The molecule has 0 aliphatic rings. The van der Waals surface area contributed by atoms with E-state index >= 15 is 0 Å². The topological polar surface area (TPSA) is 0 Å². The molecule has 0 bridgehead atoms. The predicted molar refractivity (Wildman–Crippen MR) is 176 cm³/mol. The first-order chi connectivity index (χ1) is 18.5. The average molecular weight is 653 g/mol. The first-order valence-electron chi connectivity index (χ1n) is 13.5. The van der Waals surface area contributed by atoms with E-state index in [4.69, 9.17) is 17.0 Å². The van der Waals surface area contributed by atoms with Crippen LogP contribution in [0, 0.1) is 41.5 Å². The predicted octanol–water partition coefficient (Wildman–Crippen LogP) is 11.9. The van der Waals surface area contributed by atoms with Crippen LogP contribution in [0.5, 0.6) is 0 Å². The Balaban J connectivity index is 0.000000229. The molecule has 0 aromatic heterocycles. The second kappa shape index (κ2) is 16.1. The molecule has 5 rings (SSSR count).